The van der Waals surface area contributed by atoms with Crippen LogP contribution in [0.2, 0.25) is 0 Å². The summed E-state index contributed by atoms with van der Waals surface area (Å²) >= 11 is 4.89. The van der Waals surface area contributed by atoms with Crippen LogP contribution in [0.1, 0.15) is 0 Å². The van der Waals surface area contributed by atoms with Crippen LogP contribution >= 0.6 is 12.2 Å². The molecule has 6 nitrogen and oxygen atoms in total. The molecule has 0 spiro atoms. The number of carbonyl (C=O) groups excluding carboxylic acids is 1. The van der Waals surface area contributed by atoms with E-state index in [0.717, 1.165) is 5.75 Å². The standard InChI is InChI=1S/C13H17N3O3S/c1-18-10-4-2-9(3-5-10)15-13(17)16-6-7-19-11(8-16)12(14)20/h2-5,11H,6-8H2,1H3,(H2,14,20)(H,15,17). The molecule has 0 bridgehead atoms. The quantitative estimate of drug-likeness (QED) is 0.820. The average Bonchev–Trinajstić information content (AvgIpc) is 2.48. The summed E-state index contributed by atoms with van der Waals surface area (Å²) in [7, 11) is 1.59. The lowest BCUT2D eigenvalue weighted by Gasteiger charge is -2.32. The zero-order valence-electron chi connectivity index (χ0n) is 11.2. The number of carbonyl (C=O) groups is 1. The van der Waals surface area contributed by atoms with Gasteiger partial charge in [-0.3, -0.25) is 0 Å². The number of thiocarbonyl (C=S) groups is 1. The molecule has 0 saturated carbocycles. The van der Waals surface area contributed by atoms with Crippen molar-refractivity contribution in [1.29, 1.82) is 0 Å². The Morgan fingerprint density at radius 3 is 2.80 bits per heavy atom. The lowest BCUT2D eigenvalue weighted by Crippen LogP contribution is -2.51. The van der Waals surface area contributed by atoms with E-state index in [1.54, 1.807) is 36.3 Å². The number of ether oxygens (including phenoxy) is 2. The van der Waals surface area contributed by atoms with Crippen molar-refractivity contribution in [2.24, 2.45) is 5.73 Å². The number of urea groups is 1. The van der Waals surface area contributed by atoms with Gasteiger partial charge in [-0.25, -0.2) is 4.79 Å². The largest absolute Gasteiger partial charge is 0.497 e. The number of rotatable bonds is 3. The summed E-state index contributed by atoms with van der Waals surface area (Å²) in [6.07, 6.45) is -0.375. The molecule has 2 rings (SSSR count). The van der Waals surface area contributed by atoms with Crippen molar-refractivity contribution in [3.8, 4) is 5.75 Å². The van der Waals surface area contributed by atoms with Crippen molar-refractivity contribution >= 4 is 28.9 Å². The van der Waals surface area contributed by atoms with Crippen molar-refractivity contribution in [3.05, 3.63) is 24.3 Å². The van der Waals surface area contributed by atoms with Gasteiger partial charge < -0.3 is 25.4 Å². The van der Waals surface area contributed by atoms with E-state index in [1.165, 1.54) is 0 Å². The normalized spacial score (nSPS) is 18.4. The molecular weight excluding hydrogens is 278 g/mol. The minimum absolute atomic E-state index is 0.195. The summed E-state index contributed by atoms with van der Waals surface area (Å²) < 4.78 is 10.5. The molecule has 1 atom stereocenters. The lowest BCUT2D eigenvalue weighted by molar-refractivity contribution is 0.0251. The van der Waals surface area contributed by atoms with Gasteiger partial charge in [0.2, 0.25) is 0 Å². The van der Waals surface area contributed by atoms with Crippen LogP contribution < -0.4 is 15.8 Å². The van der Waals surface area contributed by atoms with E-state index in [9.17, 15) is 4.79 Å². The first-order valence-corrected chi connectivity index (χ1v) is 6.62. The van der Waals surface area contributed by atoms with Gasteiger partial charge in [-0.05, 0) is 24.3 Å². The summed E-state index contributed by atoms with van der Waals surface area (Å²) in [4.78, 5) is 14.0. The van der Waals surface area contributed by atoms with Gasteiger partial charge in [-0.2, -0.15) is 0 Å². The number of hydrogen-bond acceptors (Lipinski definition) is 4. The van der Waals surface area contributed by atoms with Crippen molar-refractivity contribution < 1.29 is 14.3 Å². The van der Waals surface area contributed by atoms with Gasteiger partial charge in [-0.1, -0.05) is 12.2 Å². The molecule has 0 aliphatic carbocycles. The predicted octanol–water partition coefficient (Wildman–Crippen LogP) is 1.21. The van der Waals surface area contributed by atoms with Gasteiger partial charge in [0.15, 0.2) is 0 Å². The van der Waals surface area contributed by atoms with Crippen LogP contribution in [0.4, 0.5) is 10.5 Å². The number of benzene rings is 1. The maximum Gasteiger partial charge on any atom is 0.322 e. The molecule has 1 aromatic carbocycles. The molecule has 1 aromatic rings. The fourth-order valence-electron chi connectivity index (χ4n) is 1.88. The minimum atomic E-state index is -0.375. The molecule has 1 aliphatic heterocycles. The Kier molecular flexibility index (Phi) is 4.75. The van der Waals surface area contributed by atoms with E-state index in [1.807, 2.05) is 0 Å². The third kappa shape index (κ3) is 3.58. The second-order valence-corrected chi connectivity index (χ2v) is 4.84. The van der Waals surface area contributed by atoms with E-state index < -0.39 is 0 Å². The van der Waals surface area contributed by atoms with E-state index in [2.05, 4.69) is 5.32 Å². The Labute approximate surface area is 122 Å². The number of nitrogens with two attached hydrogens (primary N) is 1. The number of nitrogens with zero attached hydrogens (tertiary/aromatic N) is 1. The Hall–Kier alpha value is -1.86. The monoisotopic (exact) mass is 295 g/mol. The first-order chi connectivity index (χ1) is 9.60. The number of methoxy groups -OCH3 is 1. The molecule has 1 saturated heterocycles. The summed E-state index contributed by atoms with van der Waals surface area (Å²) in [5.74, 6) is 0.739. The van der Waals surface area contributed by atoms with E-state index in [0.29, 0.717) is 25.4 Å². The lowest BCUT2D eigenvalue weighted by atomic mass is 10.2. The molecule has 1 unspecified atom stereocenters. The highest BCUT2D eigenvalue weighted by Crippen LogP contribution is 2.16. The number of hydrogen-bond donors (Lipinski definition) is 2. The first kappa shape index (κ1) is 14.5. The summed E-state index contributed by atoms with van der Waals surface area (Å²) in [6.45, 7) is 1.32. The molecule has 7 heteroatoms. The van der Waals surface area contributed by atoms with Gasteiger partial charge in [0.1, 0.15) is 16.8 Å². The van der Waals surface area contributed by atoms with Crippen LogP contribution in [-0.4, -0.2) is 48.8 Å². The molecule has 1 fully saturated rings. The first-order valence-electron chi connectivity index (χ1n) is 6.21. The zero-order chi connectivity index (χ0) is 14.5. The predicted molar refractivity (Wildman–Crippen MR) is 80.1 cm³/mol. The zero-order valence-corrected chi connectivity index (χ0v) is 12.0. The molecule has 0 aromatic heterocycles. The van der Waals surface area contributed by atoms with E-state index in [-0.39, 0.29) is 17.1 Å². The Balaban J connectivity index is 1.95. The van der Waals surface area contributed by atoms with Crippen LogP contribution in [0.15, 0.2) is 24.3 Å². The summed E-state index contributed by atoms with van der Waals surface area (Å²) in [5.41, 5.74) is 6.25. The van der Waals surface area contributed by atoms with Crippen LogP contribution in [0.3, 0.4) is 0 Å². The highest BCUT2D eigenvalue weighted by atomic mass is 32.1. The van der Waals surface area contributed by atoms with Gasteiger partial charge in [-0.15, -0.1) is 0 Å². The number of nitrogens with one attached hydrogen (secondary N) is 1. The smallest absolute Gasteiger partial charge is 0.322 e. The van der Waals surface area contributed by atoms with E-state index in [4.69, 9.17) is 27.4 Å². The van der Waals surface area contributed by atoms with Gasteiger partial charge in [0.05, 0.1) is 20.3 Å². The number of morpholine rings is 1. The fraction of sp³-hybridized carbons (Fsp3) is 0.385. The van der Waals surface area contributed by atoms with Crippen molar-refractivity contribution in [2.45, 2.75) is 6.10 Å². The van der Waals surface area contributed by atoms with Crippen molar-refractivity contribution in [1.82, 2.24) is 4.90 Å². The maximum absolute atomic E-state index is 12.1. The van der Waals surface area contributed by atoms with Crippen LogP contribution in [0.25, 0.3) is 0 Å². The summed E-state index contributed by atoms with van der Waals surface area (Å²) in [6, 6.07) is 6.93. The second kappa shape index (κ2) is 6.53. The Morgan fingerprint density at radius 1 is 1.50 bits per heavy atom. The maximum atomic E-state index is 12.1. The van der Waals surface area contributed by atoms with Gasteiger partial charge in [0, 0.05) is 12.2 Å². The SMILES string of the molecule is COc1ccc(NC(=O)N2CCOC(C(N)=S)C2)cc1. The number of anilines is 1. The highest BCUT2D eigenvalue weighted by Gasteiger charge is 2.25. The van der Waals surface area contributed by atoms with Gasteiger partial charge >= 0.3 is 6.03 Å². The highest BCUT2D eigenvalue weighted by molar-refractivity contribution is 7.80. The molecule has 0 radical (unpaired) electrons. The Bertz CT molecular complexity index is 492. The van der Waals surface area contributed by atoms with Gasteiger partial charge in [0.25, 0.3) is 0 Å². The van der Waals surface area contributed by atoms with Crippen LogP contribution in [0, 0.1) is 0 Å². The molecule has 108 valence electrons. The topological polar surface area (TPSA) is 76.8 Å². The molecule has 1 heterocycles. The fourth-order valence-corrected chi connectivity index (χ4v) is 2.03. The molecular formula is C13H17N3O3S. The third-order valence-electron chi connectivity index (χ3n) is 3.01. The van der Waals surface area contributed by atoms with Crippen LogP contribution in [-0.2, 0) is 4.74 Å². The summed E-state index contributed by atoms with van der Waals surface area (Å²) in [5, 5.41) is 2.81. The minimum Gasteiger partial charge on any atom is -0.497 e. The molecule has 2 amide bonds. The van der Waals surface area contributed by atoms with E-state index >= 15 is 0 Å². The molecule has 1 aliphatic rings. The average molecular weight is 295 g/mol. The molecule has 3 N–H and O–H groups in total. The Morgan fingerprint density at radius 2 is 2.20 bits per heavy atom. The third-order valence-corrected chi connectivity index (χ3v) is 3.28. The number of amides is 2. The molecule has 20 heavy (non-hydrogen) atoms. The second-order valence-electron chi connectivity index (χ2n) is 4.37. The van der Waals surface area contributed by atoms with Crippen molar-refractivity contribution in [2.75, 3.05) is 32.1 Å². The van der Waals surface area contributed by atoms with Crippen LogP contribution in [0.5, 0.6) is 5.75 Å². The van der Waals surface area contributed by atoms with Crippen molar-refractivity contribution in [3.63, 3.8) is 0 Å².